The van der Waals surface area contributed by atoms with Crippen LogP contribution < -0.4 is 10.5 Å². The first-order valence-electron chi connectivity index (χ1n) is 11.2. The zero-order valence-electron chi connectivity index (χ0n) is 19.8. The maximum absolute atomic E-state index is 14.7. The number of pyridine rings is 1. The summed E-state index contributed by atoms with van der Waals surface area (Å²) in [5.74, 6) is -2.08. The monoisotopic (exact) mass is 518 g/mol. The lowest BCUT2D eigenvalue weighted by Crippen LogP contribution is -2.32. The van der Waals surface area contributed by atoms with E-state index in [0.29, 0.717) is 5.56 Å². The standard InChI is InChI=1S/C26H22F4N2O5/c1-15-11-22(33)32-21(24(34)36-2)13-31(25(35)37-14-16-7-4-3-5-8-16)23(32)17(15)12-18-19(26(28,29)30)9-6-10-20(18)27/h3-11,21H,12-14H2,1-2H3. The van der Waals surface area contributed by atoms with Gasteiger partial charge >= 0.3 is 18.2 Å². The molecule has 2 aromatic carbocycles. The highest BCUT2D eigenvalue weighted by molar-refractivity contribution is 5.92. The van der Waals surface area contributed by atoms with E-state index in [2.05, 4.69) is 0 Å². The summed E-state index contributed by atoms with van der Waals surface area (Å²) in [6, 6.07) is 11.2. The molecule has 0 fully saturated rings. The largest absolute Gasteiger partial charge is 0.467 e. The van der Waals surface area contributed by atoms with Crippen molar-refractivity contribution in [2.24, 2.45) is 0 Å². The number of halogens is 4. The Morgan fingerprint density at radius 2 is 1.76 bits per heavy atom. The lowest BCUT2D eigenvalue weighted by molar-refractivity contribution is -0.144. The Labute approximate surface area is 208 Å². The summed E-state index contributed by atoms with van der Waals surface area (Å²) in [5, 5.41) is 0. The molecule has 11 heteroatoms. The minimum atomic E-state index is -4.84. The Morgan fingerprint density at radius 1 is 1.05 bits per heavy atom. The van der Waals surface area contributed by atoms with E-state index < -0.39 is 53.2 Å². The van der Waals surface area contributed by atoms with Crippen molar-refractivity contribution in [3.8, 4) is 0 Å². The number of nitrogens with zero attached hydrogens (tertiary/aromatic N) is 2. The molecule has 1 unspecified atom stereocenters. The van der Waals surface area contributed by atoms with Crippen LogP contribution in [0.25, 0.3) is 0 Å². The van der Waals surface area contributed by atoms with Crippen molar-refractivity contribution in [2.45, 2.75) is 32.2 Å². The molecule has 0 saturated carbocycles. The predicted octanol–water partition coefficient (Wildman–Crippen LogP) is 4.78. The number of methoxy groups -OCH3 is 1. The van der Waals surface area contributed by atoms with Crippen LogP contribution in [0.5, 0.6) is 0 Å². The lowest BCUT2D eigenvalue weighted by Gasteiger charge is -2.22. The molecule has 0 N–H and O–H groups in total. The summed E-state index contributed by atoms with van der Waals surface area (Å²) < 4.78 is 66.9. The molecule has 0 saturated heterocycles. The average Bonchev–Trinajstić information content (AvgIpc) is 3.26. The molecule has 0 bridgehead atoms. The second-order valence-corrected chi connectivity index (χ2v) is 8.47. The molecule has 194 valence electrons. The van der Waals surface area contributed by atoms with Gasteiger partial charge in [0.15, 0.2) is 6.04 Å². The fraction of sp³-hybridized carbons (Fsp3) is 0.269. The molecular weight excluding hydrogens is 496 g/mol. The van der Waals surface area contributed by atoms with E-state index in [1.54, 1.807) is 30.3 Å². The Bertz CT molecular complexity index is 1400. The molecule has 1 aliphatic rings. The normalized spacial score (nSPS) is 14.9. The highest BCUT2D eigenvalue weighted by Crippen LogP contribution is 2.38. The van der Waals surface area contributed by atoms with Gasteiger partial charge in [-0.05, 0) is 30.2 Å². The fourth-order valence-electron chi connectivity index (χ4n) is 4.38. The Hall–Kier alpha value is -4.15. The molecule has 1 aliphatic heterocycles. The van der Waals surface area contributed by atoms with Crippen LogP contribution in [0.3, 0.4) is 0 Å². The third kappa shape index (κ3) is 5.07. The molecule has 0 aliphatic carbocycles. The number of aromatic nitrogens is 1. The minimum absolute atomic E-state index is 0.0678. The average molecular weight is 518 g/mol. The van der Waals surface area contributed by atoms with Gasteiger partial charge in [0.05, 0.1) is 19.2 Å². The quantitative estimate of drug-likeness (QED) is 0.359. The SMILES string of the molecule is COC(=O)C1CN(C(=O)OCc2ccccc2)c2c(Cc3c(F)cccc3C(F)(F)F)c(C)cc(=O)n21. The number of carbonyl (C=O) groups excluding carboxylic acids is 2. The van der Waals surface area contributed by atoms with Gasteiger partial charge in [-0.15, -0.1) is 0 Å². The zero-order valence-corrected chi connectivity index (χ0v) is 19.8. The van der Waals surface area contributed by atoms with Crippen molar-refractivity contribution in [1.82, 2.24) is 4.57 Å². The number of ether oxygens (including phenoxy) is 2. The number of alkyl halides is 3. The van der Waals surface area contributed by atoms with E-state index in [0.717, 1.165) is 40.8 Å². The van der Waals surface area contributed by atoms with Crippen molar-refractivity contribution in [3.05, 3.63) is 98.6 Å². The molecule has 0 radical (unpaired) electrons. The van der Waals surface area contributed by atoms with E-state index in [1.165, 1.54) is 6.92 Å². The van der Waals surface area contributed by atoms with Crippen molar-refractivity contribution in [3.63, 3.8) is 0 Å². The van der Waals surface area contributed by atoms with Crippen molar-refractivity contribution in [1.29, 1.82) is 0 Å². The molecule has 3 aromatic rings. The zero-order chi connectivity index (χ0) is 26.9. The van der Waals surface area contributed by atoms with Crippen molar-refractivity contribution in [2.75, 3.05) is 18.6 Å². The molecule has 4 rings (SSSR count). The van der Waals surface area contributed by atoms with Gasteiger partial charge in [0.1, 0.15) is 18.2 Å². The number of rotatable bonds is 5. The molecule has 0 spiro atoms. The van der Waals surface area contributed by atoms with Crippen LogP contribution >= 0.6 is 0 Å². The number of amides is 1. The van der Waals surface area contributed by atoms with Gasteiger partial charge in [-0.25, -0.2) is 14.0 Å². The van der Waals surface area contributed by atoms with E-state index in [-0.39, 0.29) is 30.1 Å². The number of carbonyl (C=O) groups is 2. The number of hydrogen-bond donors (Lipinski definition) is 0. The maximum Gasteiger partial charge on any atom is 0.416 e. The first-order chi connectivity index (χ1) is 17.5. The molecule has 1 atom stereocenters. The number of aryl methyl sites for hydroxylation is 1. The summed E-state index contributed by atoms with van der Waals surface area (Å²) in [6.45, 7) is 0.982. The number of anilines is 1. The first-order valence-corrected chi connectivity index (χ1v) is 11.2. The number of hydrogen-bond acceptors (Lipinski definition) is 5. The topological polar surface area (TPSA) is 77.8 Å². The third-order valence-corrected chi connectivity index (χ3v) is 6.15. The van der Waals surface area contributed by atoms with E-state index in [1.807, 2.05) is 0 Å². The molecule has 1 amide bonds. The van der Waals surface area contributed by atoms with E-state index >= 15 is 0 Å². The summed E-state index contributed by atoms with van der Waals surface area (Å²) >= 11 is 0. The summed E-state index contributed by atoms with van der Waals surface area (Å²) in [6.07, 6.45) is -6.37. The molecule has 7 nitrogen and oxygen atoms in total. The predicted molar refractivity (Wildman–Crippen MR) is 125 cm³/mol. The Morgan fingerprint density at radius 3 is 2.41 bits per heavy atom. The number of benzene rings is 2. The fourth-order valence-corrected chi connectivity index (χ4v) is 4.38. The van der Waals surface area contributed by atoms with Gasteiger partial charge in [0.25, 0.3) is 5.56 Å². The summed E-state index contributed by atoms with van der Waals surface area (Å²) in [7, 11) is 1.10. The van der Waals surface area contributed by atoms with Crippen molar-refractivity contribution >= 4 is 17.9 Å². The second kappa shape index (κ2) is 10.1. The van der Waals surface area contributed by atoms with Crippen LogP contribution in [-0.2, 0) is 33.5 Å². The first kappa shape index (κ1) is 25.9. The van der Waals surface area contributed by atoms with Crippen LogP contribution in [0.1, 0.15) is 33.9 Å². The summed E-state index contributed by atoms with van der Waals surface area (Å²) in [4.78, 5) is 39.6. The highest BCUT2D eigenvalue weighted by atomic mass is 19.4. The molecule has 2 heterocycles. The molecule has 1 aromatic heterocycles. The van der Waals surface area contributed by atoms with Gasteiger partial charge in [-0.1, -0.05) is 36.4 Å². The van der Waals surface area contributed by atoms with Crippen LogP contribution in [0.15, 0.2) is 59.4 Å². The van der Waals surface area contributed by atoms with Gasteiger partial charge in [-0.2, -0.15) is 13.2 Å². The Balaban J connectivity index is 1.83. The van der Waals surface area contributed by atoms with Crippen LogP contribution in [0.4, 0.5) is 28.2 Å². The van der Waals surface area contributed by atoms with Crippen LogP contribution in [-0.4, -0.2) is 30.3 Å². The van der Waals surface area contributed by atoms with Crippen molar-refractivity contribution < 1.29 is 36.6 Å². The number of fused-ring (bicyclic) bond motifs is 1. The van der Waals surface area contributed by atoms with Crippen LogP contribution in [0, 0.1) is 12.7 Å². The highest BCUT2D eigenvalue weighted by Gasteiger charge is 2.42. The molecule has 37 heavy (non-hydrogen) atoms. The van der Waals surface area contributed by atoms with Crippen LogP contribution in [0.2, 0.25) is 0 Å². The minimum Gasteiger partial charge on any atom is -0.467 e. The number of esters is 1. The lowest BCUT2D eigenvalue weighted by atomic mass is 9.96. The Kier molecular flexibility index (Phi) is 7.06. The van der Waals surface area contributed by atoms with E-state index in [4.69, 9.17) is 9.47 Å². The van der Waals surface area contributed by atoms with Gasteiger partial charge in [-0.3, -0.25) is 14.3 Å². The van der Waals surface area contributed by atoms with E-state index in [9.17, 15) is 31.9 Å². The maximum atomic E-state index is 14.7. The van der Waals surface area contributed by atoms with Gasteiger partial charge < -0.3 is 9.47 Å². The van der Waals surface area contributed by atoms with Gasteiger partial charge in [0, 0.05) is 23.6 Å². The summed E-state index contributed by atoms with van der Waals surface area (Å²) in [5.41, 5.74) is -1.55. The molecular formula is C26H22F4N2O5. The third-order valence-electron chi connectivity index (χ3n) is 6.15. The smallest absolute Gasteiger partial charge is 0.416 e. The van der Waals surface area contributed by atoms with Gasteiger partial charge in [0.2, 0.25) is 0 Å². The second-order valence-electron chi connectivity index (χ2n) is 8.47.